The lowest BCUT2D eigenvalue weighted by Gasteiger charge is -2.46. The Balaban J connectivity index is 1.74. The minimum absolute atomic E-state index is 0.208. The van der Waals surface area contributed by atoms with E-state index in [0.29, 0.717) is 5.75 Å². The molecule has 0 saturated carbocycles. The first-order valence-corrected chi connectivity index (χ1v) is 14.0. The van der Waals surface area contributed by atoms with Crippen LogP contribution in [0.2, 0.25) is 0 Å². The van der Waals surface area contributed by atoms with Crippen molar-refractivity contribution in [1.82, 2.24) is 0 Å². The van der Waals surface area contributed by atoms with Gasteiger partial charge in [0.05, 0.1) is 24.3 Å². The van der Waals surface area contributed by atoms with Crippen LogP contribution in [0.1, 0.15) is 38.1 Å². The molecule has 0 N–H and O–H groups in total. The van der Waals surface area contributed by atoms with Crippen molar-refractivity contribution in [1.29, 1.82) is 0 Å². The van der Waals surface area contributed by atoms with Crippen molar-refractivity contribution in [3.05, 3.63) is 76.7 Å². The molecule has 2 aliphatic rings. The Bertz CT molecular complexity index is 1390. The Morgan fingerprint density at radius 2 is 1.36 bits per heavy atom. The van der Waals surface area contributed by atoms with Crippen LogP contribution in [0.5, 0.6) is 5.75 Å². The molecule has 45 heavy (non-hydrogen) atoms. The monoisotopic (exact) mass is 627 g/mol. The van der Waals surface area contributed by atoms with Crippen LogP contribution in [0.25, 0.3) is 10.4 Å². The van der Waals surface area contributed by atoms with E-state index in [1.165, 1.54) is 0 Å². The second-order valence-electron chi connectivity index (χ2n) is 10.2. The van der Waals surface area contributed by atoms with Crippen LogP contribution in [0.3, 0.4) is 0 Å². The molecule has 9 atom stereocenters. The molecular weight excluding hydrogens is 594 g/mol. The van der Waals surface area contributed by atoms with Crippen molar-refractivity contribution in [3.8, 4) is 5.75 Å². The van der Waals surface area contributed by atoms with Gasteiger partial charge in [-0.2, -0.15) is 0 Å². The summed E-state index contributed by atoms with van der Waals surface area (Å²) in [6.07, 6.45) is -10.3. The number of azide groups is 1. The zero-order valence-electron chi connectivity index (χ0n) is 24.9. The molecule has 4 rings (SSSR count). The average Bonchev–Trinajstić information content (AvgIpc) is 2.99. The molecule has 2 aliphatic heterocycles. The lowest BCUT2D eigenvalue weighted by atomic mass is 9.96. The number of carbonyl (C=O) groups excluding carboxylic acids is 4. The molecule has 240 valence electrons. The van der Waals surface area contributed by atoms with E-state index in [-0.39, 0.29) is 12.2 Å². The van der Waals surface area contributed by atoms with Gasteiger partial charge in [0.15, 0.2) is 30.7 Å². The lowest BCUT2D eigenvalue weighted by molar-refractivity contribution is -0.322. The van der Waals surface area contributed by atoms with Gasteiger partial charge < -0.3 is 37.9 Å². The molecule has 15 nitrogen and oxygen atoms in total. The fourth-order valence-electron chi connectivity index (χ4n) is 4.96. The summed E-state index contributed by atoms with van der Waals surface area (Å²) in [6, 6.07) is 15.6. The molecule has 0 aliphatic carbocycles. The molecule has 0 radical (unpaired) electrons. The largest absolute Gasteiger partial charge is 0.461 e. The maximum absolute atomic E-state index is 13.3. The Morgan fingerprint density at radius 1 is 0.778 bits per heavy atom. The van der Waals surface area contributed by atoms with Gasteiger partial charge in [-0.3, -0.25) is 14.4 Å². The average molecular weight is 628 g/mol. The summed E-state index contributed by atoms with van der Waals surface area (Å²) in [4.78, 5) is 52.3. The molecule has 0 amide bonds. The van der Waals surface area contributed by atoms with Crippen LogP contribution in [0, 0.1) is 0 Å². The summed E-state index contributed by atoms with van der Waals surface area (Å²) in [6.45, 7) is 4.67. The van der Waals surface area contributed by atoms with E-state index in [2.05, 4.69) is 10.0 Å². The van der Waals surface area contributed by atoms with Crippen molar-refractivity contribution in [2.24, 2.45) is 5.11 Å². The zero-order chi connectivity index (χ0) is 32.5. The number of benzene rings is 2. The van der Waals surface area contributed by atoms with E-state index in [1.807, 2.05) is 0 Å². The first-order valence-electron chi connectivity index (χ1n) is 14.0. The molecule has 0 unspecified atom stereocenters. The highest BCUT2D eigenvalue weighted by atomic mass is 16.8. The molecule has 15 heteroatoms. The third-order valence-corrected chi connectivity index (χ3v) is 6.79. The van der Waals surface area contributed by atoms with Gasteiger partial charge in [-0.15, -0.1) is 0 Å². The van der Waals surface area contributed by atoms with Crippen LogP contribution in [-0.4, -0.2) is 85.7 Å². The highest BCUT2D eigenvalue weighted by Crippen LogP contribution is 2.34. The van der Waals surface area contributed by atoms with Crippen LogP contribution < -0.4 is 4.74 Å². The molecule has 2 fully saturated rings. The minimum atomic E-state index is -1.49. The third kappa shape index (κ3) is 8.70. The molecule has 0 spiro atoms. The molecule has 2 heterocycles. The Hall–Kier alpha value is -4.69. The quantitative estimate of drug-likeness (QED) is 0.123. The van der Waals surface area contributed by atoms with Crippen LogP contribution in [-0.2, 0) is 47.5 Å². The smallest absolute Gasteiger partial charge is 0.338 e. The van der Waals surface area contributed by atoms with E-state index < -0.39 is 79.1 Å². The highest BCUT2D eigenvalue weighted by Gasteiger charge is 2.54. The van der Waals surface area contributed by atoms with Gasteiger partial charge >= 0.3 is 23.9 Å². The van der Waals surface area contributed by atoms with Crippen molar-refractivity contribution in [2.45, 2.75) is 82.9 Å². The van der Waals surface area contributed by atoms with Crippen LogP contribution >= 0.6 is 0 Å². The number of hydrogen-bond acceptors (Lipinski definition) is 13. The van der Waals surface area contributed by atoms with Crippen molar-refractivity contribution >= 4 is 23.9 Å². The van der Waals surface area contributed by atoms with Gasteiger partial charge in [-0.05, 0) is 36.7 Å². The molecule has 0 bridgehead atoms. The standard InChI is InChI=1S/C30H33N3O12/c1-16-23(32-33-31)25(45-29-26(42-19(4)36)24(41-18(3)35)22(15-38-29)40-17(2)34)27(44-28(37)20-11-7-5-8-12-20)30(39-16)43-21-13-9-6-10-14-21/h5-14,16,22-27,29-30H,15H2,1-4H3/t16-,22-,23+,24+,25+,26-,27-,29+,30-/m1/s1. The first-order chi connectivity index (χ1) is 21.6. The fraction of sp³-hybridized carbons (Fsp3) is 0.467. The number of rotatable bonds is 10. The maximum Gasteiger partial charge on any atom is 0.338 e. The molecule has 2 aromatic carbocycles. The molecule has 2 aromatic rings. The van der Waals surface area contributed by atoms with Gasteiger partial charge in [-0.1, -0.05) is 41.5 Å². The van der Waals surface area contributed by atoms with E-state index in [0.717, 1.165) is 20.8 Å². The number of para-hydroxylation sites is 1. The summed E-state index contributed by atoms with van der Waals surface area (Å²) in [5, 5.41) is 3.86. The Kier molecular flexibility index (Phi) is 11.3. The van der Waals surface area contributed by atoms with E-state index in [1.54, 1.807) is 67.6 Å². The number of carbonyl (C=O) groups is 4. The SMILES string of the molecule is CC(=O)O[C@@H]1[C@@H](OC(C)=O)[C@H](O[C@H]2[C@@H](N=[N+]=[N-])[C@@H](C)O[C@H](Oc3ccccc3)[C@@H]2OC(=O)c2ccccc2)OC[C@H]1OC(C)=O. The highest BCUT2D eigenvalue weighted by molar-refractivity contribution is 5.89. The predicted octanol–water partition coefficient (Wildman–Crippen LogP) is 3.25. The Labute approximate surface area is 258 Å². The van der Waals surface area contributed by atoms with Gasteiger partial charge in [0.1, 0.15) is 11.9 Å². The van der Waals surface area contributed by atoms with E-state index >= 15 is 0 Å². The number of esters is 4. The molecule has 0 aromatic heterocycles. The number of ether oxygens (including phenoxy) is 8. The second-order valence-corrected chi connectivity index (χ2v) is 10.2. The molecular formula is C30H33N3O12. The summed E-state index contributed by atoms with van der Waals surface area (Å²) < 4.78 is 46.4. The summed E-state index contributed by atoms with van der Waals surface area (Å²) in [7, 11) is 0. The van der Waals surface area contributed by atoms with Crippen LogP contribution in [0.15, 0.2) is 65.8 Å². The van der Waals surface area contributed by atoms with Crippen LogP contribution in [0.4, 0.5) is 0 Å². The third-order valence-electron chi connectivity index (χ3n) is 6.79. The first kappa shape index (κ1) is 33.2. The second kappa shape index (κ2) is 15.3. The van der Waals surface area contributed by atoms with Crippen molar-refractivity contribution in [2.75, 3.05) is 6.61 Å². The normalized spacial score (nSPS) is 29.3. The van der Waals surface area contributed by atoms with E-state index in [9.17, 15) is 24.7 Å². The maximum atomic E-state index is 13.3. The van der Waals surface area contributed by atoms with E-state index in [4.69, 9.17) is 37.9 Å². The van der Waals surface area contributed by atoms with Gasteiger partial charge in [-0.25, -0.2) is 4.79 Å². The van der Waals surface area contributed by atoms with Gasteiger partial charge in [0, 0.05) is 25.7 Å². The minimum Gasteiger partial charge on any atom is -0.461 e. The lowest BCUT2D eigenvalue weighted by Crippen LogP contribution is -2.64. The number of hydrogen-bond donors (Lipinski definition) is 0. The summed E-state index contributed by atoms with van der Waals surface area (Å²) >= 11 is 0. The molecule has 2 saturated heterocycles. The van der Waals surface area contributed by atoms with Crippen molar-refractivity contribution < 1.29 is 57.1 Å². The van der Waals surface area contributed by atoms with Gasteiger partial charge in [0.2, 0.25) is 6.29 Å². The predicted molar refractivity (Wildman–Crippen MR) is 151 cm³/mol. The fourth-order valence-corrected chi connectivity index (χ4v) is 4.96. The number of nitrogens with zero attached hydrogens (tertiary/aromatic N) is 3. The summed E-state index contributed by atoms with van der Waals surface area (Å²) in [5.41, 5.74) is 9.65. The topological polar surface area (TPSA) is 191 Å². The zero-order valence-corrected chi connectivity index (χ0v) is 24.9. The van der Waals surface area contributed by atoms with Crippen molar-refractivity contribution in [3.63, 3.8) is 0 Å². The summed E-state index contributed by atoms with van der Waals surface area (Å²) in [5.74, 6) is -2.63. The Morgan fingerprint density at radius 3 is 1.96 bits per heavy atom. The van der Waals surface area contributed by atoms with Gasteiger partial charge in [0.25, 0.3) is 0 Å².